The average Bonchev–Trinajstić information content (AvgIpc) is 2.71. The molecule has 0 unspecified atom stereocenters. The molecule has 0 saturated carbocycles. The summed E-state index contributed by atoms with van der Waals surface area (Å²) >= 11 is 0. The van der Waals surface area contributed by atoms with E-state index in [0.717, 1.165) is 0 Å². The molecule has 0 radical (unpaired) electrons. The molecule has 0 fully saturated rings. The number of nitrogens with two attached hydrogens (primary N) is 1. The van der Waals surface area contributed by atoms with Crippen LogP contribution in [0, 0.1) is 12.7 Å². The van der Waals surface area contributed by atoms with E-state index >= 15 is 0 Å². The number of amides is 2. The molecule has 0 aliphatic carbocycles. The van der Waals surface area contributed by atoms with Crippen LogP contribution >= 0.6 is 0 Å². The quantitative estimate of drug-likeness (QED) is 0.639. The number of nitrogens with zero attached hydrogens (tertiary/aromatic N) is 4. The fraction of sp³-hybridized carbons (Fsp3) is 0.238. The van der Waals surface area contributed by atoms with E-state index in [-0.39, 0.29) is 18.5 Å². The number of aryl methyl sites for hydroxylation is 1. The molecule has 31 heavy (non-hydrogen) atoms. The van der Waals surface area contributed by atoms with Crippen molar-refractivity contribution in [3.63, 3.8) is 0 Å². The van der Waals surface area contributed by atoms with Crippen molar-refractivity contribution >= 4 is 12.0 Å². The molecule has 10 heteroatoms. The van der Waals surface area contributed by atoms with Gasteiger partial charge in [0, 0.05) is 30.9 Å². The van der Waals surface area contributed by atoms with E-state index in [1.807, 2.05) is 0 Å². The van der Waals surface area contributed by atoms with Gasteiger partial charge in [0.2, 0.25) is 5.95 Å². The maximum atomic E-state index is 13.5. The third-order valence-corrected chi connectivity index (χ3v) is 4.42. The van der Waals surface area contributed by atoms with Crippen molar-refractivity contribution < 1.29 is 18.0 Å². The zero-order valence-corrected chi connectivity index (χ0v) is 17.2. The van der Waals surface area contributed by atoms with E-state index in [2.05, 4.69) is 20.3 Å². The Morgan fingerprint density at radius 1 is 1.10 bits per heavy atom. The number of halogens is 3. The molecule has 0 saturated heterocycles. The van der Waals surface area contributed by atoms with Gasteiger partial charge in [-0.25, -0.2) is 27.9 Å². The minimum atomic E-state index is -2.78. The summed E-state index contributed by atoms with van der Waals surface area (Å²) in [5, 5.41) is 2.69. The molecule has 3 rings (SSSR count). The SMILES string of the molecule is Cc1cc(-c2c(CNC(=O)N(C)C)nc(N)nc2-c2ccc(F)cc2)cc(C(F)F)n1. The molecule has 2 aromatic heterocycles. The summed E-state index contributed by atoms with van der Waals surface area (Å²) in [5.41, 5.74) is 7.81. The molecule has 0 atom stereocenters. The predicted molar refractivity (Wildman–Crippen MR) is 111 cm³/mol. The molecule has 7 nitrogen and oxygen atoms in total. The average molecular weight is 430 g/mol. The molecule has 0 bridgehead atoms. The van der Waals surface area contributed by atoms with Gasteiger partial charge in [-0.3, -0.25) is 4.98 Å². The Labute approximate surface area is 177 Å². The van der Waals surface area contributed by atoms with Gasteiger partial charge >= 0.3 is 6.03 Å². The zero-order chi connectivity index (χ0) is 22.7. The van der Waals surface area contributed by atoms with E-state index in [0.29, 0.717) is 33.8 Å². The van der Waals surface area contributed by atoms with E-state index in [4.69, 9.17) is 5.73 Å². The summed E-state index contributed by atoms with van der Waals surface area (Å²) in [6.07, 6.45) is -2.78. The molecule has 162 valence electrons. The van der Waals surface area contributed by atoms with Gasteiger partial charge in [0.1, 0.15) is 11.5 Å². The minimum absolute atomic E-state index is 0.0291. The van der Waals surface area contributed by atoms with Gasteiger partial charge < -0.3 is 16.0 Å². The molecular weight excluding hydrogens is 409 g/mol. The number of aromatic nitrogens is 3. The number of nitrogens with one attached hydrogen (secondary N) is 1. The van der Waals surface area contributed by atoms with Gasteiger partial charge in [-0.2, -0.15) is 0 Å². The molecule has 2 amide bonds. The first-order chi connectivity index (χ1) is 14.7. The number of hydrogen-bond donors (Lipinski definition) is 2. The van der Waals surface area contributed by atoms with Gasteiger partial charge in [0.05, 0.1) is 17.9 Å². The van der Waals surface area contributed by atoms with Crippen LogP contribution in [-0.4, -0.2) is 40.0 Å². The second kappa shape index (κ2) is 8.99. The molecule has 0 spiro atoms. The van der Waals surface area contributed by atoms with Crippen LogP contribution in [0.1, 0.15) is 23.5 Å². The maximum absolute atomic E-state index is 13.5. The van der Waals surface area contributed by atoms with Crippen molar-refractivity contribution in [1.82, 2.24) is 25.2 Å². The fourth-order valence-corrected chi connectivity index (χ4v) is 3.04. The predicted octanol–water partition coefficient (Wildman–Crippen LogP) is 3.94. The number of carbonyl (C=O) groups excluding carboxylic acids is 1. The highest BCUT2D eigenvalue weighted by molar-refractivity contribution is 5.84. The van der Waals surface area contributed by atoms with Crippen LogP contribution in [0.4, 0.5) is 23.9 Å². The third-order valence-electron chi connectivity index (χ3n) is 4.42. The molecule has 3 aromatic rings. The van der Waals surface area contributed by atoms with E-state index < -0.39 is 17.9 Å². The van der Waals surface area contributed by atoms with Crippen molar-refractivity contribution in [2.75, 3.05) is 19.8 Å². The molecule has 0 aliphatic rings. The molecule has 3 N–H and O–H groups in total. The Bertz CT molecular complexity index is 1100. The van der Waals surface area contributed by atoms with E-state index in [9.17, 15) is 18.0 Å². The van der Waals surface area contributed by atoms with Gasteiger partial charge in [0.25, 0.3) is 6.43 Å². The third kappa shape index (κ3) is 5.08. The highest BCUT2D eigenvalue weighted by atomic mass is 19.3. The molecule has 0 aliphatic heterocycles. The summed E-state index contributed by atoms with van der Waals surface area (Å²) in [6, 6.07) is 8.02. The summed E-state index contributed by atoms with van der Waals surface area (Å²) in [4.78, 5) is 25.8. The first-order valence-corrected chi connectivity index (χ1v) is 9.30. The lowest BCUT2D eigenvalue weighted by atomic mass is 9.96. The van der Waals surface area contributed by atoms with Crippen molar-refractivity contribution in [1.29, 1.82) is 0 Å². The highest BCUT2D eigenvalue weighted by Crippen LogP contribution is 2.35. The lowest BCUT2D eigenvalue weighted by Gasteiger charge is -2.18. The Hall–Kier alpha value is -3.69. The topological polar surface area (TPSA) is 97.0 Å². The molecule has 2 heterocycles. The Morgan fingerprint density at radius 3 is 2.39 bits per heavy atom. The number of benzene rings is 1. The standard InChI is InChI=1S/C21H21F3N6O/c1-11-8-13(9-15(27-11)19(23)24)17-16(10-26-21(31)30(2)3)28-20(25)29-18(17)12-4-6-14(22)7-5-12/h4-9,19H,10H2,1-3H3,(H,26,31)(H2,25,28,29). The van der Waals surface area contributed by atoms with Crippen molar-refractivity contribution in [3.8, 4) is 22.4 Å². The summed E-state index contributed by atoms with van der Waals surface area (Å²) < 4.78 is 40.3. The Kier molecular flexibility index (Phi) is 6.38. The molecule has 1 aromatic carbocycles. The number of urea groups is 1. The van der Waals surface area contributed by atoms with Crippen LogP contribution in [0.5, 0.6) is 0 Å². The van der Waals surface area contributed by atoms with Crippen LogP contribution in [0.15, 0.2) is 36.4 Å². The van der Waals surface area contributed by atoms with Crippen LogP contribution < -0.4 is 11.1 Å². The second-order valence-electron chi connectivity index (χ2n) is 7.03. The van der Waals surface area contributed by atoms with Crippen LogP contribution in [0.25, 0.3) is 22.4 Å². The first kappa shape index (κ1) is 22.0. The Morgan fingerprint density at radius 2 is 1.77 bits per heavy atom. The van der Waals surface area contributed by atoms with Crippen LogP contribution in [0.2, 0.25) is 0 Å². The lowest BCUT2D eigenvalue weighted by molar-refractivity contribution is 0.146. The van der Waals surface area contributed by atoms with Crippen LogP contribution in [-0.2, 0) is 6.54 Å². The first-order valence-electron chi connectivity index (χ1n) is 9.30. The molecular formula is C21H21F3N6O. The zero-order valence-electron chi connectivity index (χ0n) is 17.2. The number of rotatable bonds is 5. The number of anilines is 1. The Balaban J connectivity index is 2.24. The summed E-state index contributed by atoms with van der Waals surface area (Å²) in [7, 11) is 3.16. The highest BCUT2D eigenvalue weighted by Gasteiger charge is 2.21. The second-order valence-corrected chi connectivity index (χ2v) is 7.03. The number of pyridine rings is 1. The van der Waals surface area contributed by atoms with Gasteiger partial charge in [-0.05, 0) is 48.9 Å². The number of nitrogen functional groups attached to an aromatic ring is 1. The number of alkyl halides is 2. The summed E-state index contributed by atoms with van der Waals surface area (Å²) in [6.45, 7) is 1.57. The maximum Gasteiger partial charge on any atom is 0.317 e. The van der Waals surface area contributed by atoms with Gasteiger partial charge in [0.15, 0.2) is 0 Å². The minimum Gasteiger partial charge on any atom is -0.368 e. The van der Waals surface area contributed by atoms with Gasteiger partial charge in [-0.15, -0.1) is 0 Å². The summed E-state index contributed by atoms with van der Waals surface area (Å²) in [5.74, 6) is -0.512. The lowest BCUT2D eigenvalue weighted by Crippen LogP contribution is -2.34. The van der Waals surface area contributed by atoms with E-state index in [1.165, 1.54) is 35.2 Å². The normalized spacial score (nSPS) is 10.9. The number of hydrogen-bond acceptors (Lipinski definition) is 5. The van der Waals surface area contributed by atoms with Crippen LogP contribution in [0.3, 0.4) is 0 Å². The smallest absolute Gasteiger partial charge is 0.317 e. The monoisotopic (exact) mass is 430 g/mol. The van der Waals surface area contributed by atoms with E-state index in [1.54, 1.807) is 27.1 Å². The van der Waals surface area contributed by atoms with Crippen molar-refractivity contribution in [3.05, 3.63) is 59.3 Å². The van der Waals surface area contributed by atoms with Crippen molar-refractivity contribution in [2.45, 2.75) is 19.9 Å². The van der Waals surface area contributed by atoms with Gasteiger partial charge in [-0.1, -0.05) is 0 Å². The fourth-order valence-electron chi connectivity index (χ4n) is 3.04. The van der Waals surface area contributed by atoms with Crippen molar-refractivity contribution in [2.24, 2.45) is 0 Å². The largest absolute Gasteiger partial charge is 0.368 e. The number of carbonyl (C=O) groups is 1.